The molecule has 3 rings (SSSR count). The molecule has 0 aliphatic heterocycles. The molecule has 0 radical (unpaired) electrons. The number of halogens is 1. The summed E-state index contributed by atoms with van der Waals surface area (Å²) in [6.45, 7) is 3.22. The molecule has 0 unspecified atom stereocenters. The standard InChI is InChI=1S/C16H13FN2O3S/c1-8-12(16(20)22-3)14-13(9(2)19(8)21)18-15(23-14)10-4-6-11(17)7-5-10/h4-7H,1-3H3. The van der Waals surface area contributed by atoms with Crippen molar-refractivity contribution in [3.05, 3.63) is 52.2 Å². The topological polar surface area (TPSA) is 66.1 Å². The number of carbonyl (C=O) groups is 1. The number of benzene rings is 1. The number of esters is 1. The van der Waals surface area contributed by atoms with Crippen molar-refractivity contribution >= 4 is 27.5 Å². The fraction of sp³-hybridized carbons (Fsp3) is 0.188. The van der Waals surface area contributed by atoms with Gasteiger partial charge in [0.1, 0.15) is 16.4 Å². The van der Waals surface area contributed by atoms with Crippen LogP contribution in [0.1, 0.15) is 21.7 Å². The van der Waals surface area contributed by atoms with Gasteiger partial charge in [-0.3, -0.25) is 0 Å². The van der Waals surface area contributed by atoms with Crippen LogP contribution in [0.4, 0.5) is 4.39 Å². The van der Waals surface area contributed by atoms with E-state index in [1.54, 1.807) is 26.0 Å². The Morgan fingerprint density at radius 3 is 2.52 bits per heavy atom. The number of aromatic nitrogens is 2. The van der Waals surface area contributed by atoms with E-state index in [2.05, 4.69) is 4.98 Å². The van der Waals surface area contributed by atoms with Crippen molar-refractivity contribution in [3.63, 3.8) is 0 Å². The van der Waals surface area contributed by atoms with Gasteiger partial charge in [0, 0.05) is 19.4 Å². The van der Waals surface area contributed by atoms with E-state index in [1.165, 1.54) is 30.6 Å². The molecular weight excluding hydrogens is 319 g/mol. The Morgan fingerprint density at radius 2 is 1.91 bits per heavy atom. The second-order valence-corrected chi connectivity index (χ2v) is 6.03. The minimum atomic E-state index is -0.577. The minimum absolute atomic E-state index is 0.217. The van der Waals surface area contributed by atoms with Gasteiger partial charge in [0.15, 0.2) is 5.52 Å². The first-order valence-corrected chi connectivity index (χ1v) is 7.63. The van der Waals surface area contributed by atoms with E-state index in [0.717, 1.165) is 5.56 Å². The zero-order valence-corrected chi connectivity index (χ0v) is 13.5. The van der Waals surface area contributed by atoms with E-state index in [0.29, 0.717) is 25.6 Å². The molecule has 0 atom stereocenters. The molecule has 2 aromatic heterocycles. The molecule has 0 saturated heterocycles. The molecular formula is C16H13FN2O3S. The Kier molecular flexibility index (Phi) is 3.73. The van der Waals surface area contributed by atoms with Crippen LogP contribution in [0.5, 0.6) is 0 Å². The summed E-state index contributed by atoms with van der Waals surface area (Å²) < 4.78 is 19.1. The molecule has 0 spiro atoms. The van der Waals surface area contributed by atoms with E-state index in [-0.39, 0.29) is 17.1 Å². The smallest absolute Gasteiger partial charge is 0.345 e. The van der Waals surface area contributed by atoms with Crippen LogP contribution in [-0.4, -0.2) is 18.1 Å². The molecule has 0 saturated carbocycles. The van der Waals surface area contributed by atoms with Crippen LogP contribution in [-0.2, 0) is 4.74 Å². The Labute approximate surface area is 135 Å². The van der Waals surface area contributed by atoms with Crippen LogP contribution in [0.2, 0.25) is 0 Å². The number of fused-ring (bicyclic) bond motifs is 1. The normalized spacial score (nSPS) is 11.0. The van der Waals surface area contributed by atoms with Crippen LogP contribution >= 0.6 is 11.3 Å². The number of hydrogen-bond acceptors (Lipinski definition) is 5. The summed E-state index contributed by atoms with van der Waals surface area (Å²) in [5.74, 6) is -0.916. The second kappa shape index (κ2) is 5.58. The van der Waals surface area contributed by atoms with Crippen LogP contribution in [0.15, 0.2) is 24.3 Å². The maximum absolute atomic E-state index is 13.1. The number of aryl methyl sites for hydroxylation is 1. The summed E-state index contributed by atoms with van der Waals surface area (Å²) in [6, 6.07) is 5.90. The van der Waals surface area contributed by atoms with Crippen molar-refractivity contribution in [2.45, 2.75) is 13.8 Å². The molecule has 2 heterocycles. The number of nitrogens with zero attached hydrogens (tertiary/aromatic N) is 2. The van der Waals surface area contributed by atoms with Crippen molar-refractivity contribution in [1.82, 2.24) is 4.98 Å². The number of carbonyl (C=O) groups excluding carboxylic acids is 1. The number of thiazole rings is 1. The molecule has 3 aromatic rings. The van der Waals surface area contributed by atoms with Crippen molar-refractivity contribution < 1.29 is 18.7 Å². The minimum Gasteiger partial charge on any atom is -0.618 e. The van der Waals surface area contributed by atoms with Crippen LogP contribution in [0.3, 0.4) is 0 Å². The molecule has 1 aromatic carbocycles. The average Bonchev–Trinajstić information content (AvgIpc) is 2.98. The molecule has 0 N–H and O–H groups in total. The van der Waals surface area contributed by atoms with Gasteiger partial charge in [-0.15, -0.1) is 11.3 Å². The molecule has 0 aliphatic carbocycles. The van der Waals surface area contributed by atoms with E-state index in [4.69, 9.17) is 4.74 Å². The summed E-state index contributed by atoms with van der Waals surface area (Å²) in [7, 11) is 1.27. The summed E-state index contributed by atoms with van der Waals surface area (Å²) in [5, 5.41) is 12.8. The Hall–Kier alpha value is -2.54. The maximum atomic E-state index is 13.1. The molecule has 0 bridgehead atoms. The second-order valence-electron chi connectivity index (χ2n) is 5.04. The first-order valence-electron chi connectivity index (χ1n) is 6.81. The number of rotatable bonds is 2. The third-order valence-electron chi connectivity index (χ3n) is 3.65. The van der Waals surface area contributed by atoms with Gasteiger partial charge in [-0.05, 0) is 24.3 Å². The lowest BCUT2D eigenvalue weighted by molar-refractivity contribution is -0.617. The quantitative estimate of drug-likeness (QED) is 0.411. The highest BCUT2D eigenvalue weighted by Gasteiger charge is 2.27. The lowest BCUT2D eigenvalue weighted by Crippen LogP contribution is -2.36. The van der Waals surface area contributed by atoms with Crippen molar-refractivity contribution in [3.8, 4) is 10.6 Å². The number of pyridine rings is 1. The SMILES string of the molecule is COC(=O)c1c(C)[n+]([O-])c(C)c2nc(-c3ccc(F)cc3)sc12. The predicted molar refractivity (Wildman–Crippen MR) is 84.8 cm³/mol. The fourth-order valence-corrected chi connectivity index (χ4v) is 3.61. The monoisotopic (exact) mass is 332 g/mol. The van der Waals surface area contributed by atoms with Crippen molar-refractivity contribution in [1.29, 1.82) is 0 Å². The summed E-state index contributed by atoms with van der Waals surface area (Å²) >= 11 is 1.28. The summed E-state index contributed by atoms with van der Waals surface area (Å²) in [5.41, 5.74) is 2.08. The average molecular weight is 332 g/mol. The Bertz CT molecular complexity index is 919. The number of methoxy groups -OCH3 is 1. The molecule has 5 nitrogen and oxygen atoms in total. The zero-order valence-electron chi connectivity index (χ0n) is 12.7. The number of ether oxygens (including phenoxy) is 1. The van der Waals surface area contributed by atoms with Crippen molar-refractivity contribution in [2.75, 3.05) is 7.11 Å². The molecule has 0 aliphatic rings. The zero-order chi connectivity index (χ0) is 16.7. The summed E-state index contributed by atoms with van der Waals surface area (Å²) in [6.07, 6.45) is 0. The highest BCUT2D eigenvalue weighted by molar-refractivity contribution is 7.22. The lowest BCUT2D eigenvalue weighted by atomic mass is 10.1. The molecule has 118 valence electrons. The molecule has 7 heteroatoms. The lowest BCUT2D eigenvalue weighted by Gasteiger charge is -2.08. The maximum Gasteiger partial charge on any atom is 0.345 e. The third kappa shape index (κ3) is 2.43. The molecule has 23 heavy (non-hydrogen) atoms. The first kappa shape index (κ1) is 15.4. The van der Waals surface area contributed by atoms with Gasteiger partial charge in [0.2, 0.25) is 11.4 Å². The highest BCUT2D eigenvalue weighted by Crippen LogP contribution is 2.34. The fourth-order valence-electron chi connectivity index (χ4n) is 2.41. The largest absolute Gasteiger partial charge is 0.618 e. The Morgan fingerprint density at radius 1 is 1.26 bits per heavy atom. The third-order valence-corrected chi connectivity index (χ3v) is 4.77. The van der Waals surface area contributed by atoms with Gasteiger partial charge in [-0.2, -0.15) is 4.73 Å². The van der Waals surface area contributed by atoms with Gasteiger partial charge in [-0.1, -0.05) is 0 Å². The van der Waals surface area contributed by atoms with Gasteiger partial charge in [-0.25, -0.2) is 14.2 Å². The van der Waals surface area contributed by atoms with Gasteiger partial charge in [0.25, 0.3) is 0 Å². The van der Waals surface area contributed by atoms with E-state index < -0.39 is 5.97 Å². The molecule has 0 amide bonds. The van der Waals surface area contributed by atoms with E-state index in [9.17, 15) is 14.4 Å². The number of hydrogen-bond donors (Lipinski definition) is 0. The predicted octanol–water partition coefficient (Wildman–Crippen LogP) is 3.14. The van der Waals surface area contributed by atoms with Crippen LogP contribution in [0.25, 0.3) is 20.8 Å². The van der Waals surface area contributed by atoms with Gasteiger partial charge >= 0.3 is 5.97 Å². The van der Waals surface area contributed by atoms with Crippen molar-refractivity contribution in [2.24, 2.45) is 0 Å². The Balaban J connectivity index is 2.32. The van der Waals surface area contributed by atoms with E-state index in [1.807, 2.05) is 0 Å². The van der Waals surface area contributed by atoms with Crippen LogP contribution < -0.4 is 4.73 Å². The van der Waals surface area contributed by atoms with E-state index >= 15 is 0 Å². The van der Waals surface area contributed by atoms with Gasteiger partial charge in [0.05, 0.1) is 11.8 Å². The van der Waals surface area contributed by atoms with Crippen LogP contribution in [0, 0.1) is 24.9 Å². The summed E-state index contributed by atoms with van der Waals surface area (Å²) in [4.78, 5) is 16.5. The van der Waals surface area contributed by atoms with Gasteiger partial charge < -0.3 is 9.94 Å². The molecule has 0 fully saturated rings. The first-order chi connectivity index (χ1) is 10.9. The highest BCUT2D eigenvalue weighted by atomic mass is 32.1.